The Morgan fingerprint density at radius 1 is 1.47 bits per heavy atom. The molecule has 2 rings (SSSR count). The van der Waals surface area contributed by atoms with Crippen molar-refractivity contribution in [3.05, 3.63) is 29.5 Å². The minimum atomic E-state index is 0.205. The van der Waals surface area contributed by atoms with Gasteiger partial charge >= 0.3 is 0 Å². The lowest BCUT2D eigenvalue weighted by Gasteiger charge is -2.05. The second-order valence-corrected chi connectivity index (χ2v) is 4.24. The molecule has 0 spiro atoms. The van der Waals surface area contributed by atoms with Gasteiger partial charge in [0.2, 0.25) is 0 Å². The van der Waals surface area contributed by atoms with Crippen molar-refractivity contribution in [3.8, 4) is 0 Å². The highest BCUT2D eigenvalue weighted by atomic mass is 15.3. The van der Waals surface area contributed by atoms with Gasteiger partial charge in [-0.3, -0.25) is 4.68 Å². The van der Waals surface area contributed by atoms with Crippen molar-refractivity contribution in [2.45, 2.75) is 26.3 Å². The van der Waals surface area contributed by atoms with E-state index in [0.29, 0.717) is 0 Å². The minimum Gasteiger partial charge on any atom is -0.328 e. The molecule has 3 nitrogen and oxygen atoms in total. The van der Waals surface area contributed by atoms with E-state index in [4.69, 9.17) is 5.73 Å². The maximum Gasteiger partial charge on any atom is 0.0684 e. The Kier molecular flexibility index (Phi) is 2.49. The molecule has 1 aromatic carbocycles. The van der Waals surface area contributed by atoms with E-state index >= 15 is 0 Å². The molecule has 0 radical (unpaired) electrons. The number of fused-ring (bicyclic) bond motifs is 1. The molecule has 15 heavy (non-hydrogen) atoms. The lowest BCUT2D eigenvalue weighted by atomic mass is 10.1. The number of hydrogen-bond donors (Lipinski definition) is 1. The first-order chi connectivity index (χ1) is 7.08. The fourth-order valence-electron chi connectivity index (χ4n) is 1.98. The second kappa shape index (κ2) is 3.66. The van der Waals surface area contributed by atoms with Gasteiger partial charge in [-0.1, -0.05) is 12.1 Å². The van der Waals surface area contributed by atoms with Gasteiger partial charge in [0.05, 0.1) is 11.2 Å². The summed E-state index contributed by atoms with van der Waals surface area (Å²) in [5.41, 5.74) is 9.34. The number of rotatable bonds is 2. The predicted octanol–water partition coefficient (Wildman–Crippen LogP) is 1.77. The molecule has 0 aliphatic heterocycles. The normalized spacial score (nSPS) is 13.3. The monoisotopic (exact) mass is 203 g/mol. The van der Waals surface area contributed by atoms with E-state index in [1.807, 2.05) is 25.6 Å². The molecule has 1 aromatic heterocycles. The topological polar surface area (TPSA) is 43.8 Å². The number of hydrogen-bond acceptors (Lipinski definition) is 2. The number of benzene rings is 1. The van der Waals surface area contributed by atoms with Gasteiger partial charge in [0.15, 0.2) is 0 Å². The van der Waals surface area contributed by atoms with Crippen molar-refractivity contribution in [2.75, 3.05) is 0 Å². The van der Waals surface area contributed by atoms with Crippen LogP contribution in [-0.2, 0) is 13.5 Å². The number of aryl methyl sites for hydroxylation is 2. The quantitative estimate of drug-likeness (QED) is 0.808. The zero-order valence-electron chi connectivity index (χ0n) is 9.49. The molecule has 2 N–H and O–H groups in total. The third kappa shape index (κ3) is 1.88. The summed E-state index contributed by atoms with van der Waals surface area (Å²) in [6, 6.07) is 6.66. The highest BCUT2D eigenvalue weighted by Crippen LogP contribution is 2.19. The minimum absolute atomic E-state index is 0.205. The molecule has 3 heteroatoms. The van der Waals surface area contributed by atoms with Crippen molar-refractivity contribution < 1.29 is 0 Å². The first-order valence-corrected chi connectivity index (χ1v) is 5.25. The van der Waals surface area contributed by atoms with Crippen LogP contribution in [0.3, 0.4) is 0 Å². The highest BCUT2D eigenvalue weighted by Gasteiger charge is 2.06. The Labute approximate surface area is 89.9 Å². The number of aromatic nitrogens is 2. The smallest absolute Gasteiger partial charge is 0.0684 e. The molecule has 0 saturated heterocycles. The maximum atomic E-state index is 5.79. The summed E-state index contributed by atoms with van der Waals surface area (Å²) in [4.78, 5) is 0. The van der Waals surface area contributed by atoms with Gasteiger partial charge in [-0.15, -0.1) is 0 Å². The average molecular weight is 203 g/mol. The van der Waals surface area contributed by atoms with Crippen LogP contribution in [0.15, 0.2) is 18.2 Å². The third-order valence-electron chi connectivity index (χ3n) is 2.66. The standard InChI is InChI=1S/C12H17N3/c1-8(13)6-10-4-5-11-9(2)14-15(3)12(11)7-10/h4-5,7-8H,6,13H2,1-3H3. The first kappa shape index (κ1) is 10.2. The molecular weight excluding hydrogens is 186 g/mol. The molecule has 0 aliphatic carbocycles. The second-order valence-electron chi connectivity index (χ2n) is 4.24. The van der Waals surface area contributed by atoms with Gasteiger partial charge in [0, 0.05) is 18.5 Å². The molecular formula is C12H17N3. The molecule has 80 valence electrons. The van der Waals surface area contributed by atoms with Gasteiger partial charge in [0.1, 0.15) is 0 Å². The molecule has 0 saturated carbocycles. The van der Waals surface area contributed by atoms with Crippen molar-refractivity contribution >= 4 is 10.9 Å². The van der Waals surface area contributed by atoms with Crippen molar-refractivity contribution in [1.82, 2.24) is 9.78 Å². The van der Waals surface area contributed by atoms with E-state index in [0.717, 1.165) is 12.1 Å². The number of nitrogens with two attached hydrogens (primary N) is 1. The number of nitrogens with zero attached hydrogens (tertiary/aromatic N) is 2. The summed E-state index contributed by atoms with van der Waals surface area (Å²) in [6.07, 6.45) is 0.917. The van der Waals surface area contributed by atoms with Crippen LogP contribution < -0.4 is 5.73 Å². The van der Waals surface area contributed by atoms with E-state index in [9.17, 15) is 0 Å². The molecule has 1 unspecified atom stereocenters. The fraction of sp³-hybridized carbons (Fsp3) is 0.417. The van der Waals surface area contributed by atoms with Crippen molar-refractivity contribution in [1.29, 1.82) is 0 Å². The summed E-state index contributed by atoms with van der Waals surface area (Å²) in [5.74, 6) is 0. The highest BCUT2D eigenvalue weighted by molar-refractivity contribution is 5.82. The fourth-order valence-corrected chi connectivity index (χ4v) is 1.98. The molecule has 1 heterocycles. The van der Waals surface area contributed by atoms with E-state index in [-0.39, 0.29) is 6.04 Å². The van der Waals surface area contributed by atoms with Crippen LogP contribution in [0.4, 0.5) is 0 Å². The Hall–Kier alpha value is -1.35. The summed E-state index contributed by atoms with van der Waals surface area (Å²) >= 11 is 0. The average Bonchev–Trinajstić information content (AvgIpc) is 2.41. The van der Waals surface area contributed by atoms with E-state index < -0.39 is 0 Å². The molecule has 2 aromatic rings. The van der Waals surface area contributed by atoms with Gasteiger partial charge in [-0.05, 0) is 31.9 Å². The molecule has 1 atom stereocenters. The largest absolute Gasteiger partial charge is 0.328 e. The summed E-state index contributed by atoms with van der Waals surface area (Å²) in [6.45, 7) is 4.06. The molecule has 0 fully saturated rings. The lowest BCUT2D eigenvalue weighted by molar-refractivity contribution is 0.737. The van der Waals surface area contributed by atoms with Crippen molar-refractivity contribution in [3.63, 3.8) is 0 Å². The first-order valence-electron chi connectivity index (χ1n) is 5.25. The van der Waals surface area contributed by atoms with Crippen molar-refractivity contribution in [2.24, 2.45) is 12.8 Å². The Balaban J connectivity index is 2.50. The van der Waals surface area contributed by atoms with E-state index in [2.05, 4.69) is 23.3 Å². The van der Waals surface area contributed by atoms with Crippen LogP contribution in [0, 0.1) is 6.92 Å². The third-order valence-corrected chi connectivity index (χ3v) is 2.66. The Morgan fingerprint density at radius 3 is 2.87 bits per heavy atom. The molecule has 0 bridgehead atoms. The van der Waals surface area contributed by atoms with Crippen LogP contribution in [0.25, 0.3) is 10.9 Å². The predicted molar refractivity (Wildman–Crippen MR) is 62.8 cm³/mol. The van der Waals surface area contributed by atoms with Crippen LogP contribution >= 0.6 is 0 Å². The van der Waals surface area contributed by atoms with Crippen LogP contribution in [0.5, 0.6) is 0 Å². The SMILES string of the molecule is Cc1nn(C)c2cc(CC(C)N)ccc12. The molecule has 0 aliphatic rings. The zero-order valence-corrected chi connectivity index (χ0v) is 9.49. The summed E-state index contributed by atoms with van der Waals surface area (Å²) in [7, 11) is 1.98. The summed E-state index contributed by atoms with van der Waals surface area (Å²) in [5, 5.41) is 5.62. The maximum absolute atomic E-state index is 5.79. The van der Waals surface area contributed by atoms with Gasteiger partial charge < -0.3 is 5.73 Å². The van der Waals surface area contributed by atoms with E-state index in [1.54, 1.807) is 0 Å². The summed E-state index contributed by atoms with van der Waals surface area (Å²) < 4.78 is 1.93. The van der Waals surface area contributed by atoms with Gasteiger partial charge in [-0.2, -0.15) is 5.10 Å². The van der Waals surface area contributed by atoms with E-state index in [1.165, 1.54) is 16.5 Å². The Bertz CT molecular complexity index is 483. The van der Waals surface area contributed by atoms with Crippen LogP contribution in [-0.4, -0.2) is 15.8 Å². The lowest BCUT2D eigenvalue weighted by Crippen LogP contribution is -2.17. The van der Waals surface area contributed by atoms with Crippen LogP contribution in [0.2, 0.25) is 0 Å². The zero-order chi connectivity index (χ0) is 11.0. The van der Waals surface area contributed by atoms with Gasteiger partial charge in [0.25, 0.3) is 0 Å². The Morgan fingerprint density at radius 2 is 2.20 bits per heavy atom. The molecule has 0 amide bonds. The van der Waals surface area contributed by atoms with Gasteiger partial charge in [-0.25, -0.2) is 0 Å². The van der Waals surface area contributed by atoms with Crippen LogP contribution in [0.1, 0.15) is 18.2 Å².